The molecule has 0 saturated carbocycles. The molecule has 2 aromatic carbocycles. The number of carbonyl (C=O) groups excluding carboxylic acids is 1. The number of fused-ring (bicyclic) bond motifs is 1. The van der Waals surface area contributed by atoms with Gasteiger partial charge >= 0.3 is 0 Å². The van der Waals surface area contributed by atoms with Gasteiger partial charge in [0.1, 0.15) is 11.4 Å². The number of hydrogen-bond acceptors (Lipinski definition) is 4. The standard InChI is InChI=1S/C20H22N2O4/c1-12-8-9-15-16(11-20(3,4)26-18(15)10-12)21-19(23)14-6-5-7-17(13(14)2)22(24)25/h5-10,16H,11H2,1-4H3,(H,21,23)/t16-/m1/s1. The maximum Gasteiger partial charge on any atom is 0.273 e. The Morgan fingerprint density at radius 2 is 2.00 bits per heavy atom. The quantitative estimate of drug-likeness (QED) is 0.660. The Hall–Kier alpha value is -2.89. The molecule has 0 aromatic heterocycles. The van der Waals surface area contributed by atoms with Crippen molar-refractivity contribution in [2.24, 2.45) is 0 Å². The molecular formula is C20H22N2O4. The molecule has 0 saturated heterocycles. The monoisotopic (exact) mass is 354 g/mol. The molecule has 6 nitrogen and oxygen atoms in total. The molecular weight excluding hydrogens is 332 g/mol. The van der Waals surface area contributed by atoms with Gasteiger partial charge in [0.05, 0.1) is 11.0 Å². The van der Waals surface area contributed by atoms with Crippen LogP contribution in [0.15, 0.2) is 36.4 Å². The predicted octanol–water partition coefficient (Wildman–Crippen LogP) is 4.24. The van der Waals surface area contributed by atoms with Crippen LogP contribution < -0.4 is 10.1 Å². The molecule has 1 atom stereocenters. The van der Waals surface area contributed by atoms with Crippen LogP contribution in [-0.4, -0.2) is 16.4 Å². The van der Waals surface area contributed by atoms with Gasteiger partial charge in [0.2, 0.25) is 0 Å². The number of carbonyl (C=O) groups is 1. The number of amides is 1. The Bertz CT molecular complexity index is 889. The van der Waals surface area contributed by atoms with Crippen molar-refractivity contribution >= 4 is 11.6 Å². The lowest BCUT2D eigenvalue weighted by molar-refractivity contribution is -0.385. The van der Waals surface area contributed by atoms with Crippen LogP contribution in [0.4, 0.5) is 5.69 Å². The van der Waals surface area contributed by atoms with Crippen molar-refractivity contribution in [1.29, 1.82) is 0 Å². The summed E-state index contributed by atoms with van der Waals surface area (Å²) in [6, 6.07) is 10.2. The van der Waals surface area contributed by atoms with Gasteiger partial charge in [-0.05, 0) is 45.4 Å². The van der Waals surface area contributed by atoms with Crippen LogP contribution in [0.25, 0.3) is 0 Å². The maximum absolute atomic E-state index is 12.8. The minimum absolute atomic E-state index is 0.0546. The minimum Gasteiger partial charge on any atom is -0.487 e. The zero-order valence-electron chi connectivity index (χ0n) is 15.3. The number of nitrogens with zero attached hydrogens (tertiary/aromatic N) is 1. The number of nitrogens with one attached hydrogen (secondary N) is 1. The molecule has 1 heterocycles. The first-order chi connectivity index (χ1) is 12.2. The molecule has 0 unspecified atom stereocenters. The van der Waals surface area contributed by atoms with Crippen LogP contribution in [-0.2, 0) is 0 Å². The Labute approximate surface area is 152 Å². The van der Waals surface area contributed by atoms with Gasteiger partial charge in [-0.2, -0.15) is 0 Å². The van der Waals surface area contributed by atoms with E-state index in [-0.39, 0.29) is 17.6 Å². The van der Waals surface area contributed by atoms with E-state index in [0.29, 0.717) is 17.5 Å². The van der Waals surface area contributed by atoms with Crippen molar-refractivity contribution in [2.75, 3.05) is 0 Å². The lowest BCUT2D eigenvalue weighted by atomic mass is 9.89. The second-order valence-electron chi connectivity index (χ2n) is 7.34. The minimum atomic E-state index is -0.470. The van der Waals surface area contributed by atoms with E-state index in [1.165, 1.54) is 12.1 Å². The second kappa shape index (κ2) is 6.44. The summed E-state index contributed by atoms with van der Waals surface area (Å²) in [5.41, 5.74) is 2.22. The van der Waals surface area contributed by atoms with Crippen molar-refractivity contribution in [3.63, 3.8) is 0 Å². The topological polar surface area (TPSA) is 81.5 Å². The molecule has 0 fully saturated rings. The third-order valence-corrected chi connectivity index (χ3v) is 4.68. The number of benzene rings is 2. The van der Waals surface area contributed by atoms with E-state index in [9.17, 15) is 14.9 Å². The van der Waals surface area contributed by atoms with Gasteiger partial charge in [-0.25, -0.2) is 0 Å². The van der Waals surface area contributed by atoms with E-state index in [1.807, 2.05) is 39.0 Å². The van der Waals surface area contributed by atoms with Crippen LogP contribution in [0, 0.1) is 24.0 Å². The average molecular weight is 354 g/mol. The van der Waals surface area contributed by atoms with E-state index in [2.05, 4.69) is 5.32 Å². The lowest BCUT2D eigenvalue weighted by Crippen LogP contribution is -2.41. The third kappa shape index (κ3) is 3.40. The summed E-state index contributed by atoms with van der Waals surface area (Å²) in [4.78, 5) is 23.5. The molecule has 1 N–H and O–H groups in total. The van der Waals surface area contributed by atoms with Gasteiger partial charge in [0.25, 0.3) is 11.6 Å². The van der Waals surface area contributed by atoms with Crippen LogP contribution in [0.1, 0.15) is 53.4 Å². The first kappa shape index (κ1) is 17.9. The molecule has 3 rings (SSSR count). The van der Waals surface area contributed by atoms with Crippen molar-refractivity contribution in [3.05, 3.63) is 68.8 Å². The van der Waals surface area contributed by atoms with Crippen molar-refractivity contribution < 1.29 is 14.5 Å². The number of rotatable bonds is 3. The first-order valence-corrected chi connectivity index (χ1v) is 8.52. The van der Waals surface area contributed by atoms with Crippen LogP contribution in [0.5, 0.6) is 5.75 Å². The fraction of sp³-hybridized carbons (Fsp3) is 0.350. The normalized spacial score (nSPS) is 17.8. The van der Waals surface area contributed by atoms with Gasteiger partial charge in [0.15, 0.2) is 0 Å². The Morgan fingerprint density at radius 3 is 2.69 bits per heavy atom. The second-order valence-corrected chi connectivity index (χ2v) is 7.34. The number of nitro groups is 1. The summed E-state index contributed by atoms with van der Waals surface area (Å²) in [7, 11) is 0. The van der Waals surface area contributed by atoms with E-state index in [1.54, 1.807) is 13.0 Å². The summed E-state index contributed by atoms with van der Waals surface area (Å²) in [5.74, 6) is 0.447. The molecule has 0 bridgehead atoms. The van der Waals surface area contributed by atoms with E-state index >= 15 is 0 Å². The first-order valence-electron chi connectivity index (χ1n) is 8.52. The van der Waals surface area contributed by atoms with E-state index in [4.69, 9.17) is 4.74 Å². The highest BCUT2D eigenvalue weighted by Gasteiger charge is 2.35. The summed E-state index contributed by atoms with van der Waals surface area (Å²) < 4.78 is 6.05. The molecule has 136 valence electrons. The SMILES string of the molecule is Cc1ccc2c(c1)OC(C)(C)C[C@H]2NC(=O)c1cccc([N+](=O)[O-])c1C. The van der Waals surface area contributed by atoms with E-state index < -0.39 is 10.5 Å². The Balaban J connectivity index is 1.93. The highest BCUT2D eigenvalue weighted by atomic mass is 16.6. The highest BCUT2D eigenvalue weighted by Crippen LogP contribution is 2.40. The van der Waals surface area contributed by atoms with Gasteiger partial charge in [0, 0.05) is 29.2 Å². The fourth-order valence-electron chi connectivity index (χ4n) is 3.39. The highest BCUT2D eigenvalue weighted by molar-refractivity contribution is 5.96. The Kier molecular flexibility index (Phi) is 4.44. The Morgan fingerprint density at radius 1 is 1.27 bits per heavy atom. The molecule has 1 aliphatic heterocycles. The lowest BCUT2D eigenvalue weighted by Gasteiger charge is -2.38. The van der Waals surface area contributed by atoms with Crippen LogP contribution in [0.2, 0.25) is 0 Å². The maximum atomic E-state index is 12.8. The average Bonchev–Trinajstić information content (AvgIpc) is 2.53. The van der Waals surface area contributed by atoms with Crippen molar-refractivity contribution in [3.8, 4) is 5.75 Å². The zero-order chi connectivity index (χ0) is 19.1. The molecule has 1 amide bonds. The van der Waals surface area contributed by atoms with Gasteiger partial charge in [-0.1, -0.05) is 18.2 Å². The smallest absolute Gasteiger partial charge is 0.273 e. The molecule has 26 heavy (non-hydrogen) atoms. The zero-order valence-corrected chi connectivity index (χ0v) is 15.3. The molecule has 0 radical (unpaired) electrons. The van der Waals surface area contributed by atoms with Crippen molar-refractivity contribution in [2.45, 2.75) is 45.8 Å². The van der Waals surface area contributed by atoms with Crippen LogP contribution in [0.3, 0.4) is 0 Å². The van der Waals surface area contributed by atoms with Crippen LogP contribution >= 0.6 is 0 Å². The molecule has 0 spiro atoms. The number of aryl methyl sites for hydroxylation is 1. The largest absolute Gasteiger partial charge is 0.487 e. The number of hydrogen-bond donors (Lipinski definition) is 1. The fourth-order valence-corrected chi connectivity index (χ4v) is 3.39. The van der Waals surface area contributed by atoms with Gasteiger partial charge in [-0.15, -0.1) is 0 Å². The predicted molar refractivity (Wildman–Crippen MR) is 98.5 cm³/mol. The van der Waals surface area contributed by atoms with Crippen molar-refractivity contribution in [1.82, 2.24) is 5.32 Å². The summed E-state index contributed by atoms with van der Waals surface area (Å²) in [6.45, 7) is 7.55. The molecule has 0 aliphatic carbocycles. The molecule has 6 heteroatoms. The van der Waals surface area contributed by atoms with E-state index in [0.717, 1.165) is 16.9 Å². The number of nitro benzene ring substituents is 1. The van der Waals surface area contributed by atoms with Gasteiger partial charge in [-0.3, -0.25) is 14.9 Å². The third-order valence-electron chi connectivity index (χ3n) is 4.68. The number of ether oxygens (including phenoxy) is 1. The summed E-state index contributed by atoms with van der Waals surface area (Å²) in [6.07, 6.45) is 0.614. The molecule has 2 aromatic rings. The van der Waals surface area contributed by atoms with Gasteiger partial charge < -0.3 is 10.1 Å². The summed E-state index contributed by atoms with van der Waals surface area (Å²) in [5, 5.41) is 14.2. The summed E-state index contributed by atoms with van der Waals surface area (Å²) >= 11 is 0. The molecule has 1 aliphatic rings.